The van der Waals surface area contributed by atoms with E-state index in [0.29, 0.717) is 16.8 Å². The van der Waals surface area contributed by atoms with E-state index in [0.717, 1.165) is 11.3 Å². The predicted molar refractivity (Wildman–Crippen MR) is 72.3 cm³/mol. The van der Waals surface area contributed by atoms with Crippen LogP contribution >= 0.6 is 11.3 Å². The standard InChI is InChI=1S/C11H14N4O4S/c12-10-13-4-7-9(14-10)15(11(18)20-7)8-3-5(17)6(19-8)1-2-16/h4-6,8,16-17H,1-3H2,(H2,12,13,14)/t5-,6+,8+/m0/s1. The predicted octanol–water partition coefficient (Wildman–Crippen LogP) is -0.534. The van der Waals surface area contributed by atoms with Gasteiger partial charge in [-0.25, -0.2) is 4.98 Å². The van der Waals surface area contributed by atoms with Gasteiger partial charge in [0.05, 0.1) is 23.1 Å². The fourth-order valence-electron chi connectivity index (χ4n) is 2.36. The van der Waals surface area contributed by atoms with Gasteiger partial charge in [-0.2, -0.15) is 4.98 Å². The van der Waals surface area contributed by atoms with Crippen LogP contribution in [0.2, 0.25) is 0 Å². The summed E-state index contributed by atoms with van der Waals surface area (Å²) >= 11 is 1.01. The number of fused-ring (bicyclic) bond motifs is 1. The number of ether oxygens (including phenoxy) is 1. The van der Waals surface area contributed by atoms with E-state index in [-0.39, 0.29) is 23.8 Å². The quantitative estimate of drug-likeness (QED) is 0.695. The SMILES string of the molecule is Nc1ncc2sc(=O)n([C@H]3C[C@H](O)[C@@H](CCO)O3)c2n1. The van der Waals surface area contributed by atoms with Crippen LogP contribution in [0.1, 0.15) is 19.1 Å². The van der Waals surface area contributed by atoms with E-state index in [9.17, 15) is 9.90 Å². The maximum atomic E-state index is 12.1. The summed E-state index contributed by atoms with van der Waals surface area (Å²) in [6, 6.07) is 0. The smallest absolute Gasteiger partial charge is 0.311 e. The van der Waals surface area contributed by atoms with E-state index in [2.05, 4.69) is 9.97 Å². The normalized spacial score (nSPS) is 26.4. The number of hydrogen-bond donors (Lipinski definition) is 3. The first-order chi connectivity index (χ1) is 9.60. The highest BCUT2D eigenvalue weighted by molar-refractivity contribution is 7.16. The minimum atomic E-state index is -0.715. The summed E-state index contributed by atoms with van der Waals surface area (Å²) in [6.07, 6.45) is 0.305. The molecule has 2 aromatic heterocycles. The van der Waals surface area contributed by atoms with Crippen LogP contribution in [0.25, 0.3) is 10.3 Å². The molecule has 0 aliphatic carbocycles. The molecular formula is C11H14N4O4S. The molecule has 1 saturated heterocycles. The zero-order valence-electron chi connectivity index (χ0n) is 10.5. The van der Waals surface area contributed by atoms with Crippen molar-refractivity contribution >= 4 is 27.6 Å². The lowest BCUT2D eigenvalue weighted by molar-refractivity contribution is -0.0281. The number of anilines is 1. The Bertz CT molecular complexity index is 685. The Morgan fingerprint density at radius 2 is 2.40 bits per heavy atom. The van der Waals surface area contributed by atoms with E-state index in [1.807, 2.05) is 0 Å². The Hall–Kier alpha value is -1.55. The summed E-state index contributed by atoms with van der Waals surface area (Å²) in [6.45, 7) is -0.0805. The van der Waals surface area contributed by atoms with Crippen LogP contribution in [0.15, 0.2) is 11.0 Å². The fourth-order valence-corrected chi connectivity index (χ4v) is 3.19. The molecule has 4 N–H and O–H groups in total. The van der Waals surface area contributed by atoms with Crippen molar-refractivity contribution in [3.05, 3.63) is 15.9 Å². The van der Waals surface area contributed by atoms with Gasteiger partial charge in [-0.05, 0) is 6.42 Å². The number of hydrogen-bond acceptors (Lipinski definition) is 8. The van der Waals surface area contributed by atoms with Crippen LogP contribution in [0.5, 0.6) is 0 Å². The highest BCUT2D eigenvalue weighted by atomic mass is 32.1. The average Bonchev–Trinajstić information content (AvgIpc) is 2.90. The Balaban J connectivity index is 2.00. The molecule has 1 aliphatic rings. The zero-order chi connectivity index (χ0) is 14.3. The third kappa shape index (κ3) is 2.18. The molecule has 0 spiro atoms. The van der Waals surface area contributed by atoms with E-state index >= 15 is 0 Å². The van der Waals surface area contributed by atoms with Crippen LogP contribution in [0.3, 0.4) is 0 Å². The van der Waals surface area contributed by atoms with Gasteiger partial charge in [0, 0.05) is 13.0 Å². The number of aliphatic hydroxyl groups is 2. The van der Waals surface area contributed by atoms with Crippen LogP contribution in [0, 0.1) is 0 Å². The molecule has 9 heteroatoms. The van der Waals surface area contributed by atoms with Gasteiger partial charge in [0.1, 0.15) is 6.23 Å². The lowest BCUT2D eigenvalue weighted by Gasteiger charge is -2.14. The van der Waals surface area contributed by atoms with Crippen LogP contribution in [-0.2, 0) is 4.74 Å². The number of nitrogen functional groups attached to an aromatic ring is 1. The number of thiazole rings is 1. The fraction of sp³-hybridized carbons (Fsp3) is 0.545. The van der Waals surface area contributed by atoms with Crippen molar-refractivity contribution in [3.63, 3.8) is 0 Å². The minimum Gasteiger partial charge on any atom is -0.396 e. The van der Waals surface area contributed by atoms with Gasteiger partial charge in [-0.15, -0.1) is 0 Å². The molecule has 0 bridgehead atoms. The maximum Gasteiger partial charge on any atom is 0.311 e. The monoisotopic (exact) mass is 298 g/mol. The van der Waals surface area contributed by atoms with E-state index in [1.165, 1.54) is 10.8 Å². The summed E-state index contributed by atoms with van der Waals surface area (Å²) in [5.74, 6) is 0.0782. The molecule has 3 atom stereocenters. The molecule has 1 fully saturated rings. The Kier molecular flexibility index (Phi) is 3.42. The molecule has 1 aliphatic heterocycles. The summed E-state index contributed by atoms with van der Waals surface area (Å²) in [5.41, 5.74) is 5.96. The molecule has 0 aromatic carbocycles. The zero-order valence-corrected chi connectivity index (χ0v) is 11.3. The first kappa shape index (κ1) is 13.4. The van der Waals surface area contributed by atoms with Crippen LogP contribution in [-0.4, -0.2) is 43.6 Å². The lowest BCUT2D eigenvalue weighted by Crippen LogP contribution is -2.22. The number of aliphatic hydroxyl groups excluding tert-OH is 2. The number of rotatable bonds is 3. The summed E-state index contributed by atoms with van der Waals surface area (Å²) in [4.78, 5) is 19.8. The molecule has 8 nitrogen and oxygen atoms in total. The molecular weight excluding hydrogens is 284 g/mol. The Morgan fingerprint density at radius 3 is 3.15 bits per heavy atom. The first-order valence-electron chi connectivity index (χ1n) is 6.18. The summed E-state index contributed by atoms with van der Waals surface area (Å²) < 4.78 is 7.65. The average molecular weight is 298 g/mol. The molecule has 3 rings (SSSR count). The largest absolute Gasteiger partial charge is 0.396 e. The Labute approximate surface area is 117 Å². The minimum absolute atomic E-state index is 0.0782. The summed E-state index contributed by atoms with van der Waals surface area (Å²) in [7, 11) is 0. The van der Waals surface area contributed by atoms with E-state index in [1.54, 1.807) is 0 Å². The van der Waals surface area contributed by atoms with Crippen molar-refractivity contribution in [2.45, 2.75) is 31.3 Å². The van der Waals surface area contributed by atoms with Gasteiger partial charge < -0.3 is 20.7 Å². The molecule has 108 valence electrons. The van der Waals surface area contributed by atoms with Gasteiger partial charge in [0.2, 0.25) is 5.95 Å². The van der Waals surface area contributed by atoms with Gasteiger partial charge in [0.25, 0.3) is 0 Å². The molecule has 3 heterocycles. The van der Waals surface area contributed by atoms with Crippen molar-refractivity contribution in [1.82, 2.24) is 14.5 Å². The Morgan fingerprint density at radius 1 is 1.60 bits per heavy atom. The van der Waals surface area contributed by atoms with Gasteiger partial charge in [0.15, 0.2) is 5.65 Å². The highest BCUT2D eigenvalue weighted by Gasteiger charge is 2.36. The topological polar surface area (TPSA) is 123 Å². The number of nitrogens with two attached hydrogens (primary N) is 1. The van der Waals surface area contributed by atoms with Crippen molar-refractivity contribution in [3.8, 4) is 0 Å². The number of nitrogens with zero attached hydrogens (tertiary/aromatic N) is 3. The van der Waals surface area contributed by atoms with Gasteiger partial charge in [-0.1, -0.05) is 11.3 Å². The third-order valence-electron chi connectivity index (χ3n) is 3.28. The van der Waals surface area contributed by atoms with Crippen LogP contribution < -0.4 is 10.6 Å². The van der Waals surface area contributed by atoms with E-state index < -0.39 is 18.4 Å². The van der Waals surface area contributed by atoms with Gasteiger partial charge >= 0.3 is 4.87 Å². The van der Waals surface area contributed by atoms with Crippen LogP contribution in [0.4, 0.5) is 5.95 Å². The second-order valence-electron chi connectivity index (χ2n) is 4.60. The molecule has 2 aromatic rings. The molecule has 20 heavy (non-hydrogen) atoms. The lowest BCUT2D eigenvalue weighted by atomic mass is 10.1. The maximum absolute atomic E-state index is 12.1. The van der Waals surface area contributed by atoms with Crippen molar-refractivity contribution < 1.29 is 14.9 Å². The second-order valence-corrected chi connectivity index (χ2v) is 5.59. The molecule has 0 saturated carbocycles. The summed E-state index contributed by atoms with van der Waals surface area (Å²) in [5, 5.41) is 18.8. The molecule has 0 amide bonds. The highest BCUT2D eigenvalue weighted by Crippen LogP contribution is 2.32. The van der Waals surface area contributed by atoms with Gasteiger partial charge in [-0.3, -0.25) is 9.36 Å². The molecule has 0 radical (unpaired) electrons. The third-order valence-corrected chi connectivity index (χ3v) is 4.16. The van der Waals surface area contributed by atoms with Crippen molar-refractivity contribution in [1.29, 1.82) is 0 Å². The first-order valence-corrected chi connectivity index (χ1v) is 6.99. The second kappa shape index (κ2) is 5.09. The number of aromatic nitrogens is 3. The van der Waals surface area contributed by atoms with Crippen molar-refractivity contribution in [2.75, 3.05) is 12.3 Å². The molecule has 0 unspecified atom stereocenters. The van der Waals surface area contributed by atoms with Crippen molar-refractivity contribution in [2.24, 2.45) is 0 Å². The van der Waals surface area contributed by atoms with E-state index in [4.69, 9.17) is 15.6 Å².